The molecule has 11 heavy (non-hydrogen) atoms. The van der Waals surface area contributed by atoms with E-state index in [4.69, 9.17) is 5.11 Å². The highest BCUT2D eigenvalue weighted by Gasteiger charge is 1.94. The molecule has 0 heterocycles. The van der Waals surface area contributed by atoms with Gasteiger partial charge < -0.3 is 5.11 Å². The Morgan fingerprint density at radius 2 is 1.73 bits per heavy atom. The fraction of sp³-hybridized carbons (Fsp3) is 0.875. The van der Waals surface area contributed by atoms with E-state index in [0.29, 0.717) is 6.42 Å². The van der Waals surface area contributed by atoms with E-state index in [2.05, 4.69) is 6.92 Å². The molecule has 0 rings (SSSR count). The average Bonchev–Trinajstić information content (AvgIpc) is 1.87. The lowest BCUT2D eigenvalue weighted by molar-refractivity contribution is -0.137. The van der Waals surface area contributed by atoms with Crippen LogP contribution in [0.1, 0.15) is 45.4 Å². The van der Waals surface area contributed by atoms with Crippen LogP contribution in [0.15, 0.2) is 0 Å². The van der Waals surface area contributed by atoms with Crippen molar-refractivity contribution in [1.82, 2.24) is 0 Å². The fourth-order valence-corrected chi connectivity index (χ4v) is 0.880. The van der Waals surface area contributed by atoms with Crippen molar-refractivity contribution in [3.05, 3.63) is 0 Å². The van der Waals surface area contributed by atoms with Gasteiger partial charge in [-0.1, -0.05) is 32.6 Å². The van der Waals surface area contributed by atoms with Crippen molar-refractivity contribution in [2.24, 2.45) is 0 Å². The van der Waals surface area contributed by atoms with Gasteiger partial charge in [-0.2, -0.15) is 0 Å². The Balaban J connectivity index is 0. The molecule has 0 saturated heterocycles. The summed E-state index contributed by atoms with van der Waals surface area (Å²) in [7, 11) is 0. The molecular formula is C8H17IO2. The summed E-state index contributed by atoms with van der Waals surface area (Å²) in [6.07, 6.45) is 5.88. The molecule has 0 aliphatic rings. The molecule has 0 amide bonds. The van der Waals surface area contributed by atoms with E-state index in [-0.39, 0.29) is 24.0 Å². The van der Waals surface area contributed by atoms with Crippen molar-refractivity contribution >= 4 is 29.9 Å². The number of carboxylic acid groups (broad SMARTS) is 1. The lowest BCUT2D eigenvalue weighted by Crippen LogP contribution is -1.93. The number of hydrogen-bond donors (Lipinski definition) is 1. The number of unbranched alkanes of at least 4 members (excludes halogenated alkanes) is 4. The van der Waals surface area contributed by atoms with Gasteiger partial charge in [0.2, 0.25) is 0 Å². The van der Waals surface area contributed by atoms with Gasteiger partial charge in [-0.05, 0) is 6.42 Å². The molecule has 0 aromatic rings. The van der Waals surface area contributed by atoms with Crippen molar-refractivity contribution in [3.8, 4) is 0 Å². The zero-order valence-corrected chi connectivity index (χ0v) is 9.34. The van der Waals surface area contributed by atoms with Crippen molar-refractivity contribution in [2.75, 3.05) is 0 Å². The Bertz CT molecular complexity index is 94.1. The highest BCUT2D eigenvalue weighted by molar-refractivity contribution is 14.0. The zero-order valence-electron chi connectivity index (χ0n) is 7.01. The first-order valence-corrected chi connectivity index (χ1v) is 3.99. The van der Waals surface area contributed by atoms with E-state index in [0.717, 1.165) is 12.8 Å². The molecule has 68 valence electrons. The van der Waals surface area contributed by atoms with Crippen molar-refractivity contribution in [2.45, 2.75) is 45.4 Å². The minimum Gasteiger partial charge on any atom is -0.481 e. The van der Waals surface area contributed by atoms with Crippen molar-refractivity contribution in [3.63, 3.8) is 0 Å². The molecule has 0 aromatic heterocycles. The summed E-state index contributed by atoms with van der Waals surface area (Å²) in [6.45, 7) is 2.15. The van der Waals surface area contributed by atoms with Gasteiger partial charge in [0.1, 0.15) is 0 Å². The van der Waals surface area contributed by atoms with Crippen LogP contribution in [-0.2, 0) is 4.79 Å². The van der Waals surface area contributed by atoms with E-state index in [1.165, 1.54) is 19.3 Å². The van der Waals surface area contributed by atoms with Crippen LogP contribution in [-0.4, -0.2) is 11.1 Å². The van der Waals surface area contributed by atoms with Gasteiger partial charge in [0.15, 0.2) is 0 Å². The number of hydrogen-bond acceptors (Lipinski definition) is 1. The standard InChI is InChI=1S/C8H16O2.HI/c1-2-3-4-5-6-7-8(9)10;/h2-7H2,1H3,(H,9,10);1H. The molecule has 1 N–H and O–H groups in total. The monoisotopic (exact) mass is 272 g/mol. The number of aliphatic carboxylic acids is 1. The second kappa shape index (κ2) is 10.2. The highest BCUT2D eigenvalue weighted by atomic mass is 127. The molecule has 0 radical (unpaired) electrons. The smallest absolute Gasteiger partial charge is 0.303 e. The van der Waals surface area contributed by atoms with E-state index < -0.39 is 5.97 Å². The number of carbonyl (C=O) groups is 1. The first-order chi connectivity index (χ1) is 4.77. The minimum atomic E-state index is -0.670. The molecule has 0 bridgehead atoms. The third-order valence-corrected chi connectivity index (χ3v) is 1.49. The van der Waals surface area contributed by atoms with Crippen LogP contribution in [0.25, 0.3) is 0 Å². The lowest BCUT2D eigenvalue weighted by atomic mass is 10.1. The van der Waals surface area contributed by atoms with Gasteiger partial charge in [-0.15, -0.1) is 24.0 Å². The highest BCUT2D eigenvalue weighted by Crippen LogP contribution is 2.04. The zero-order chi connectivity index (χ0) is 7.82. The molecule has 0 spiro atoms. The van der Waals surface area contributed by atoms with Crippen LogP contribution in [0.4, 0.5) is 0 Å². The predicted molar refractivity (Wildman–Crippen MR) is 56.4 cm³/mol. The molecule has 2 nitrogen and oxygen atoms in total. The second-order valence-corrected chi connectivity index (χ2v) is 2.56. The quantitative estimate of drug-likeness (QED) is 0.596. The fourth-order valence-electron chi connectivity index (χ4n) is 0.880. The van der Waals surface area contributed by atoms with Crippen LogP contribution >= 0.6 is 24.0 Å². The number of rotatable bonds is 6. The Kier molecular flexibility index (Phi) is 12.8. The molecule has 0 atom stereocenters. The molecule has 0 saturated carbocycles. The van der Waals surface area contributed by atoms with E-state index in [1.807, 2.05) is 0 Å². The van der Waals surface area contributed by atoms with Crippen LogP contribution in [0.5, 0.6) is 0 Å². The molecule has 0 aromatic carbocycles. The maximum atomic E-state index is 10.0. The number of halogens is 1. The van der Waals surface area contributed by atoms with Gasteiger partial charge in [-0.3, -0.25) is 4.79 Å². The normalized spacial score (nSPS) is 8.82. The molecule has 0 aliphatic heterocycles. The van der Waals surface area contributed by atoms with Gasteiger partial charge in [-0.25, -0.2) is 0 Å². The summed E-state index contributed by atoms with van der Waals surface area (Å²) in [5, 5.41) is 8.27. The number of carboxylic acids is 1. The maximum absolute atomic E-state index is 10.0. The summed E-state index contributed by atoms with van der Waals surface area (Å²) in [5.41, 5.74) is 0. The molecule has 3 heteroatoms. The lowest BCUT2D eigenvalue weighted by Gasteiger charge is -1.95. The summed E-state index contributed by atoms with van der Waals surface area (Å²) in [5.74, 6) is -0.670. The van der Waals surface area contributed by atoms with Crippen molar-refractivity contribution in [1.29, 1.82) is 0 Å². The second-order valence-electron chi connectivity index (χ2n) is 2.56. The Labute approximate surface area is 85.4 Å². The van der Waals surface area contributed by atoms with Gasteiger partial charge in [0.25, 0.3) is 0 Å². The van der Waals surface area contributed by atoms with E-state index in [1.54, 1.807) is 0 Å². The topological polar surface area (TPSA) is 37.3 Å². The van der Waals surface area contributed by atoms with Crippen LogP contribution in [0.3, 0.4) is 0 Å². The van der Waals surface area contributed by atoms with Gasteiger partial charge >= 0.3 is 5.97 Å². The van der Waals surface area contributed by atoms with Crippen LogP contribution < -0.4 is 0 Å². The molecule has 0 fully saturated rings. The van der Waals surface area contributed by atoms with Crippen LogP contribution in [0, 0.1) is 0 Å². The van der Waals surface area contributed by atoms with E-state index in [9.17, 15) is 4.79 Å². The summed E-state index contributed by atoms with van der Waals surface area (Å²) in [4.78, 5) is 10.0. The SMILES string of the molecule is CCCCCCCC(=O)O.I. The summed E-state index contributed by atoms with van der Waals surface area (Å²) < 4.78 is 0. The molecule has 0 unspecified atom stereocenters. The Morgan fingerprint density at radius 3 is 2.18 bits per heavy atom. The van der Waals surface area contributed by atoms with E-state index >= 15 is 0 Å². The Morgan fingerprint density at radius 1 is 1.18 bits per heavy atom. The average molecular weight is 272 g/mol. The van der Waals surface area contributed by atoms with Crippen molar-refractivity contribution < 1.29 is 9.90 Å². The summed E-state index contributed by atoms with van der Waals surface area (Å²) >= 11 is 0. The minimum absolute atomic E-state index is 0. The first-order valence-electron chi connectivity index (χ1n) is 3.99. The first kappa shape index (κ1) is 13.8. The predicted octanol–water partition coefficient (Wildman–Crippen LogP) is 3.05. The third-order valence-electron chi connectivity index (χ3n) is 1.49. The molecule has 0 aliphatic carbocycles. The largest absolute Gasteiger partial charge is 0.481 e. The van der Waals surface area contributed by atoms with Gasteiger partial charge in [0.05, 0.1) is 0 Å². The maximum Gasteiger partial charge on any atom is 0.303 e. The van der Waals surface area contributed by atoms with Gasteiger partial charge in [0, 0.05) is 6.42 Å². The third kappa shape index (κ3) is 13.2. The Hall–Kier alpha value is 0.200. The summed E-state index contributed by atoms with van der Waals surface area (Å²) in [6, 6.07) is 0. The van der Waals surface area contributed by atoms with Crippen LogP contribution in [0.2, 0.25) is 0 Å². The molecular weight excluding hydrogens is 255 g/mol.